The Labute approximate surface area is 109 Å². The molecule has 2 aliphatic rings. The first-order chi connectivity index (χ1) is 8.86. The third kappa shape index (κ3) is 2.27. The van der Waals surface area contributed by atoms with Crippen LogP contribution < -0.4 is 0 Å². The lowest BCUT2D eigenvalue weighted by molar-refractivity contribution is 0.125. The van der Waals surface area contributed by atoms with E-state index in [0.717, 1.165) is 19.6 Å². The largest absolute Gasteiger partial charge is 0.296 e. The van der Waals surface area contributed by atoms with E-state index in [1.54, 1.807) is 0 Å². The van der Waals surface area contributed by atoms with Gasteiger partial charge in [0.2, 0.25) is 0 Å². The highest BCUT2D eigenvalue weighted by Gasteiger charge is 2.42. The van der Waals surface area contributed by atoms with E-state index in [9.17, 15) is 0 Å². The van der Waals surface area contributed by atoms with Gasteiger partial charge in [-0.3, -0.25) is 9.80 Å². The molecule has 0 saturated carbocycles. The Morgan fingerprint density at radius 1 is 1.11 bits per heavy atom. The number of piperazine rings is 1. The Bertz CT molecular complexity index is 437. The van der Waals surface area contributed by atoms with Gasteiger partial charge in [-0.2, -0.15) is 5.26 Å². The molecule has 2 fully saturated rings. The maximum absolute atomic E-state index is 8.66. The first-order valence-electron chi connectivity index (χ1n) is 6.76. The Hall–Kier alpha value is -1.37. The van der Waals surface area contributed by atoms with E-state index in [0.29, 0.717) is 18.5 Å². The van der Waals surface area contributed by atoms with Gasteiger partial charge in [0.05, 0.1) is 6.07 Å². The summed E-state index contributed by atoms with van der Waals surface area (Å²) in [5, 5.41) is 8.66. The van der Waals surface area contributed by atoms with Gasteiger partial charge >= 0.3 is 0 Å². The van der Waals surface area contributed by atoms with Gasteiger partial charge in [-0.1, -0.05) is 30.3 Å². The van der Waals surface area contributed by atoms with Crippen LogP contribution in [0.1, 0.15) is 18.4 Å². The first kappa shape index (κ1) is 11.7. The van der Waals surface area contributed by atoms with Crippen LogP contribution in [0.2, 0.25) is 0 Å². The van der Waals surface area contributed by atoms with Crippen LogP contribution in [0.15, 0.2) is 30.3 Å². The lowest BCUT2D eigenvalue weighted by Gasteiger charge is -2.33. The molecule has 2 atom stereocenters. The van der Waals surface area contributed by atoms with Crippen LogP contribution in [-0.4, -0.2) is 41.5 Å². The molecule has 0 aromatic heterocycles. The lowest BCUT2D eigenvalue weighted by atomic mass is 10.2. The number of fused-ring (bicyclic) bond motifs is 2. The fraction of sp³-hybridized carbons (Fsp3) is 0.533. The molecular formula is C15H19N3. The van der Waals surface area contributed by atoms with Crippen LogP contribution in [-0.2, 0) is 6.54 Å². The predicted octanol–water partition coefficient (Wildman–Crippen LogP) is 1.86. The van der Waals surface area contributed by atoms with Crippen LogP contribution in [0.3, 0.4) is 0 Å². The van der Waals surface area contributed by atoms with Crippen molar-refractivity contribution in [2.24, 2.45) is 0 Å². The Morgan fingerprint density at radius 3 is 2.50 bits per heavy atom. The maximum Gasteiger partial charge on any atom is 0.0635 e. The van der Waals surface area contributed by atoms with Crippen molar-refractivity contribution in [3.05, 3.63) is 35.9 Å². The standard InChI is InChI=1S/C15H19N3/c16-7-4-8-17-11-15-9-14(17)12-18(15)10-13-5-2-1-3-6-13/h1-3,5-6,14-15H,4,8-12H2. The van der Waals surface area contributed by atoms with Gasteiger partial charge in [0.25, 0.3) is 0 Å². The molecular weight excluding hydrogens is 222 g/mol. The van der Waals surface area contributed by atoms with Crippen LogP contribution in [0.25, 0.3) is 0 Å². The average Bonchev–Trinajstić information content (AvgIpc) is 2.97. The molecule has 0 aliphatic carbocycles. The molecule has 2 unspecified atom stereocenters. The SMILES string of the molecule is N#CCCN1CC2CC1CN2Cc1ccccc1. The smallest absolute Gasteiger partial charge is 0.0635 e. The van der Waals surface area contributed by atoms with Crippen molar-refractivity contribution in [3.8, 4) is 6.07 Å². The highest BCUT2D eigenvalue weighted by molar-refractivity contribution is 5.15. The van der Waals surface area contributed by atoms with E-state index in [2.05, 4.69) is 46.2 Å². The molecule has 0 amide bonds. The fourth-order valence-corrected chi connectivity index (χ4v) is 3.31. The van der Waals surface area contributed by atoms with Gasteiger partial charge < -0.3 is 0 Å². The van der Waals surface area contributed by atoms with Crippen molar-refractivity contribution in [1.29, 1.82) is 5.26 Å². The highest BCUT2D eigenvalue weighted by atomic mass is 15.3. The van der Waals surface area contributed by atoms with E-state index < -0.39 is 0 Å². The lowest BCUT2D eigenvalue weighted by Crippen LogP contribution is -2.46. The summed E-state index contributed by atoms with van der Waals surface area (Å²) in [5.41, 5.74) is 1.41. The number of nitrogens with zero attached hydrogens (tertiary/aromatic N) is 3. The first-order valence-corrected chi connectivity index (χ1v) is 6.76. The van der Waals surface area contributed by atoms with Gasteiger partial charge in [-0.25, -0.2) is 0 Å². The van der Waals surface area contributed by atoms with Crippen molar-refractivity contribution < 1.29 is 0 Å². The zero-order chi connectivity index (χ0) is 12.4. The predicted molar refractivity (Wildman–Crippen MR) is 70.8 cm³/mol. The minimum absolute atomic E-state index is 0.669. The average molecular weight is 241 g/mol. The van der Waals surface area contributed by atoms with Crippen LogP contribution in [0, 0.1) is 11.3 Å². The summed E-state index contributed by atoms with van der Waals surface area (Å²) in [7, 11) is 0. The van der Waals surface area contributed by atoms with Crippen LogP contribution >= 0.6 is 0 Å². The van der Waals surface area contributed by atoms with E-state index in [-0.39, 0.29) is 0 Å². The Morgan fingerprint density at radius 2 is 1.83 bits per heavy atom. The summed E-state index contributed by atoms with van der Waals surface area (Å²) in [5.74, 6) is 0. The van der Waals surface area contributed by atoms with E-state index in [1.165, 1.54) is 18.5 Å². The summed E-state index contributed by atoms with van der Waals surface area (Å²) in [4.78, 5) is 5.10. The number of nitriles is 1. The summed E-state index contributed by atoms with van der Waals surface area (Å²) < 4.78 is 0. The van der Waals surface area contributed by atoms with Gasteiger partial charge in [0.15, 0.2) is 0 Å². The zero-order valence-corrected chi connectivity index (χ0v) is 10.6. The van der Waals surface area contributed by atoms with Gasteiger partial charge in [0, 0.05) is 44.7 Å². The number of likely N-dealkylation sites (tertiary alicyclic amines) is 2. The summed E-state index contributed by atoms with van der Waals surface area (Å²) in [6, 6.07) is 14.4. The molecule has 18 heavy (non-hydrogen) atoms. The minimum Gasteiger partial charge on any atom is -0.296 e. The normalized spacial score (nSPS) is 27.5. The van der Waals surface area contributed by atoms with Crippen LogP contribution in [0.4, 0.5) is 0 Å². The monoisotopic (exact) mass is 241 g/mol. The van der Waals surface area contributed by atoms with E-state index in [1.807, 2.05) is 0 Å². The Kier molecular flexibility index (Phi) is 3.31. The van der Waals surface area contributed by atoms with E-state index in [4.69, 9.17) is 5.26 Å². The van der Waals surface area contributed by atoms with Crippen molar-refractivity contribution in [2.75, 3.05) is 19.6 Å². The van der Waals surface area contributed by atoms with Gasteiger partial charge in [0.1, 0.15) is 0 Å². The van der Waals surface area contributed by atoms with Gasteiger partial charge in [-0.15, -0.1) is 0 Å². The second-order valence-electron chi connectivity index (χ2n) is 5.36. The number of rotatable bonds is 4. The summed E-state index contributed by atoms with van der Waals surface area (Å²) in [6.45, 7) is 4.36. The molecule has 0 radical (unpaired) electrons. The van der Waals surface area contributed by atoms with Crippen molar-refractivity contribution in [2.45, 2.75) is 31.5 Å². The molecule has 1 aromatic rings. The van der Waals surface area contributed by atoms with E-state index >= 15 is 0 Å². The fourth-order valence-electron chi connectivity index (χ4n) is 3.31. The summed E-state index contributed by atoms with van der Waals surface area (Å²) in [6.07, 6.45) is 1.96. The molecule has 2 aliphatic heterocycles. The molecule has 3 rings (SSSR count). The summed E-state index contributed by atoms with van der Waals surface area (Å²) >= 11 is 0. The van der Waals surface area contributed by atoms with Gasteiger partial charge in [-0.05, 0) is 12.0 Å². The van der Waals surface area contributed by atoms with Crippen LogP contribution in [0.5, 0.6) is 0 Å². The molecule has 3 nitrogen and oxygen atoms in total. The second-order valence-corrected chi connectivity index (χ2v) is 5.36. The molecule has 3 heteroatoms. The molecule has 94 valence electrons. The number of hydrogen-bond acceptors (Lipinski definition) is 3. The Balaban J connectivity index is 1.56. The number of benzene rings is 1. The topological polar surface area (TPSA) is 30.3 Å². The molecule has 1 aromatic carbocycles. The third-order valence-corrected chi connectivity index (χ3v) is 4.21. The van der Waals surface area contributed by atoms with Crippen molar-refractivity contribution in [3.63, 3.8) is 0 Å². The zero-order valence-electron chi connectivity index (χ0n) is 10.6. The minimum atomic E-state index is 0.669. The molecule has 2 heterocycles. The van der Waals surface area contributed by atoms with Crippen molar-refractivity contribution in [1.82, 2.24) is 9.80 Å². The second kappa shape index (κ2) is 5.09. The number of hydrogen-bond donors (Lipinski definition) is 0. The molecule has 2 bridgehead atoms. The molecule has 0 spiro atoms. The molecule has 2 saturated heterocycles. The highest BCUT2D eigenvalue weighted by Crippen LogP contribution is 2.31. The maximum atomic E-state index is 8.66. The quantitative estimate of drug-likeness (QED) is 0.806. The van der Waals surface area contributed by atoms with Crippen molar-refractivity contribution >= 4 is 0 Å². The third-order valence-electron chi connectivity index (χ3n) is 4.21. The molecule has 0 N–H and O–H groups in total.